The van der Waals surface area contributed by atoms with E-state index in [9.17, 15) is 0 Å². The quantitative estimate of drug-likeness (QED) is 0.195. The molecule has 0 bridgehead atoms. The van der Waals surface area contributed by atoms with Gasteiger partial charge in [0.05, 0.1) is 22.4 Å². The molecule has 0 N–H and O–H groups in total. The Balaban J connectivity index is 1.25. The number of hydrogen-bond donors (Lipinski definition) is 0. The molecule has 2 nitrogen and oxygen atoms in total. The molecule has 0 spiro atoms. The summed E-state index contributed by atoms with van der Waals surface area (Å²) in [6, 6.07) is 61.9. The van der Waals surface area contributed by atoms with Crippen LogP contribution in [0, 0.1) is 0 Å². The van der Waals surface area contributed by atoms with Crippen LogP contribution in [0.5, 0.6) is 0 Å². The Hall–Kier alpha value is -5.86. The van der Waals surface area contributed by atoms with E-state index in [0.29, 0.717) is 0 Å². The van der Waals surface area contributed by atoms with Gasteiger partial charge in [-0.1, -0.05) is 117 Å². The van der Waals surface area contributed by atoms with Crippen molar-refractivity contribution in [3.63, 3.8) is 0 Å². The molecule has 9 rings (SSSR count). The van der Waals surface area contributed by atoms with Gasteiger partial charge in [0.2, 0.25) is 0 Å². The average Bonchev–Trinajstić information content (AvgIpc) is 3.46. The third-order valence-electron chi connectivity index (χ3n) is 9.96. The number of para-hydroxylation sites is 3. The lowest BCUT2D eigenvalue weighted by Crippen LogP contribution is -2.30. The normalized spacial score (nSPS) is 13.4. The van der Waals surface area contributed by atoms with Crippen LogP contribution in [0.2, 0.25) is 0 Å². The van der Waals surface area contributed by atoms with Crippen molar-refractivity contribution < 1.29 is 0 Å². The lowest BCUT2D eigenvalue weighted by molar-refractivity contribution is 0.632. The van der Waals surface area contributed by atoms with Gasteiger partial charge in [0.25, 0.3) is 0 Å². The Bertz CT molecular complexity index is 2420. The number of aromatic nitrogens is 1. The zero-order valence-corrected chi connectivity index (χ0v) is 26.6. The fourth-order valence-electron chi connectivity index (χ4n) is 7.61. The molecular formula is C45H34N2. The molecule has 224 valence electrons. The van der Waals surface area contributed by atoms with Crippen molar-refractivity contribution in [3.05, 3.63) is 181 Å². The Morgan fingerprint density at radius 1 is 0.383 bits per heavy atom. The van der Waals surface area contributed by atoms with Gasteiger partial charge in [-0.25, -0.2) is 0 Å². The lowest BCUT2D eigenvalue weighted by atomic mass is 9.73. The van der Waals surface area contributed by atoms with Crippen molar-refractivity contribution >= 4 is 38.9 Å². The minimum atomic E-state index is -0.161. The van der Waals surface area contributed by atoms with Gasteiger partial charge in [0.1, 0.15) is 0 Å². The Morgan fingerprint density at radius 3 is 1.53 bits per heavy atom. The first-order valence-electron chi connectivity index (χ1n) is 16.4. The van der Waals surface area contributed by atoms with Gasteiger partial charge >= 0.3 is 0 Å². The van der Waals surface area contributed by atoms with Gasteiger partial charge in [0, 0.05) is 27.6 Å². The second kappa shape index (κ2) is 10.6. The Labute approximate surface area is 275 Å². The van der Waals surface area contributed by atoms with E-state index in [1.807, 2.05) is 0 Å². The molecule has 1 aromatic heterocycles. The molecule has 7 aromatic carbocycles. The maximum Gasteiger partial charge on any atom is 0.0541 e. The molecule has 2 heteroatoms. The summed E-state index contributed by atoms with van der Waals surface area (Å²) in [4.78, 5) is 2.42. The lowest BCUT2D eigenvalue weighted by Gasteiger charge is -2.42. The van der Waals surface area contributed by atoms with Crippen LogP contribution >= 0.6 is 0 Å². The van der Waals surface area contributed by atoms with E-state index in [-0.39, 0.29) is 5.41 Å². The van der Waals surface area contributed by atoms with E-state index >= 15 is 0 Å². The zero-order valence-electron chi connectivity index (χ0n) is 26.6. The van der Waals surface area contributed by atoms with Crippen LogP contribution in [-0.4, -0.2) is 4.57 Å². The molecule has 1 aliphatic heterocycles. The van der Waals surface area contributed by atoms with E-state index < -0.39 is 0 Å². The number of rotatable bonds is 4. The maximum absolute atomic E-state index is 2.42. The summed E-state index contributed by atoms with van der Waals surface area (Å²) in [7, 11) is 0. The van der Waals surface area contributed by atoms with Crippen molar-refractivity contribution in [1.82, 2.24) is 4.57 Å². The highest BCUT2D eigenvalue weighted by Crippen LogP contribution is 2.52. The molecule has 0 amide bonds. The SMILES string of the molecule is CC1(C)c2ccccc2N(c2ccccc2)c2ccc(-c3ccc4c(c3)c3cc(-c5ccccc5)ccc3n4-c3ccccc3)cc21. The summed E-state index contributed by atoms with van der Waals surface area (Å²) < 4.78 is 2.40. The summed E-state index contributed by atoms with van der Waals surface area (Å²) >= 11 is 0. The van der Waals surface area contributed by atoms with Crippen LogP contribution < -0.4 is 4.90 Å². The molecule has 0 aliphatic carbocycles. The van der Waals surface area contributed by atoms with Crippen molar-refractivity contribution in [2.75, 3.05) is 4.90 Å². The molecule has 0 atom stereocenters. The molecule has 0 saturated heterocycles. The molecule has 0 unspecified atom stereocenters. The number of benzene rings is 7. The average molecular weight is 603 g/mol. The van der Waals surface area contributed by atoms with E-state index in [1.54, 1.807) is 0 Å². The third kappa shape index (κ3) is 4.33. The van der Waals surface area contributed by atoms with Crippen LogP contribution in [0.3, 0.4) is 0 Å². The van der Waals surface area contributed by atoms with Crippen LogP contribution in [0.15, 0.2) is 170 Å². The highest BCUT2D eigenvalue weighted by Gasteiger charge is 2.37. The highest BCUT2D eigenvalue weighted by molar-refractivity contribution is 6.11. The molecule has 0 radical (unpaired) electrons. The predicted molar refractivity (Wildman–Crippen MR) is 198 cm³/mol. The van der Waals surface area contributed by atoms with Crippen LogP contribution in [-0.2, 0) is 5.41 Å². The second-order valence-corrected chi connectivity index (χ2v) is 13.0. The number of anilines is 3. The molecule has 8 aromatic rings. The summed E-state index contributed by atoms with van der Waals surface area (Å²) in [5.41, 5.74) is 14.7. The first-order chi connectivity index (χ1) is 23.1. The first kappa shape index (κ1) is 27.5. The van der Waals surface area contributed by atoms with Crippen molar-refractivity contribution in [3.8, 4) is 27.9 Å². The van der Waals surface area contributed by atoms with Crippen LogP contribution in [0.4, 0.5) is 17.1 Å². The monoisotopic (exact) mass is 602 g/mol. The smallest absolute Gasteiger partial charge is 0.0541 e. The van der Waals surface area contributed by atoms with Crippen molar-refractivity contribution in [2.24, 2.45) is 0 Å². The first-order valence-corrected chi connectivity index (χ1v) is 16.4. The van der Waals surface area contributed by atoms with Crippen molar-refractivity contribution in [2.45, 2.75) is 19.3 Å². The van der Waals surface area contributed by atoms with Crippen LogP contribution in [0.25, 0.3) is 49.7 Å². The predicted octanol–water partition coefficient (Wildman–Crippen LogP) is 12.2. The van der Waals surface area contributed by atoms with E-state index in [1.165, 1.54) is 77.9 Å². The Kier molecular flexibility index (Phi) is 6.20. The van der Waals surface area contributed by atoms with Gasteiger partial charge in [0.15, 0.2) is 0 Å². The minimum absolute atomic E-state index is 0.161. The minimum Gasteiger partial charge on any atom is -0.310 e. The molecular weight excluding hydrogens is 569 g/mol. The molecule has 0 saturated carbocycles. The van der Waals surface area contributed by atoms with Gasteiger partial charge < -0.3 is 9.47 Å². The second-order valence-electron chi connectivity index (χ2n) is 13.0. The molecule has 47 heavy (non-hydrogen) atoms. The summed E-state index contributed by atoms with van der Waals surface area (Å²) in [6.07, 6.45) is 0. The van der Waals surface area contributed by atoms with E-state index in [2.05, 4.69) is 193 Å². The van der Waals surface area contributed by atoms with Gasteiger partial charge in [-0.05, 0) is 100 Å². The summed E-state index contributed by atoms with van der Waals surface area (Å²) in [6.45, 7) is 4.72. The third-order valence-corrected chi connectivity index (χ3v) is 9.96. The standard InChI is InChI=1S/C45H34N2/c1-45(2)39-20-12-13-21-43(39)47(36-18-10-5-11-19-36)44-27-24-34(30-40(44)45)33-23-26-42-38(29-33)37-28-32(31-14-6-3-7-15-31)22-25-41(37)46(42)35-16-8-4-9-17-35/h3-30H,1-2H3. The highest BCUT2D eigenvalue weighted by atomic mass is 15.2. The van der Waals surface area contributed by atoms with Crippen LogP contribution in [0.1, 0.15) is 25.0 Å². The molecule has 0 fully saturated rings. The van der Waals surface area contributed by atoms with Crippen molar-refractivity contribution in [1.29, 1.82) is 0 Å². The fourth-order valence-corrected chi connectivity index (χ4v) is 7.61. The number of nitrogens with zero attached hydrogens (tertiary/aromatic N) is 2. The maximum atomic E-state index is 2.42. The largest absolute Gasteiger partial charge is 0.310 e. The number of hydrogen-bond acceptors (Lipinski definition) is 1. The summed E-state index contributed by atoms with van der Waals surface area (Å²) in [5, 5.41) is 2.52. The van der Waals surface area contributed by atoms with Gasteiger partial charge in [-0.15, -0.1) is 0 Å². The summed E-state index contributed by atoms with van der Waals surface area (Å²) in [5.74, 6) is 0. The van der Waals surface area contributed by atoms with E-state index in [0.717, 1.165) is 0 Å². The topological polar surface area (TPSA) is 8.17 Å². The molecule has 1 aliphatic rings. The zero-order chi connectivity index (χ0) is 31.5. The molecule has 2 heterocycles. The van der Waals surface area contributed by atoms with Gasteiger partial charge in [-0.3, -0.25) is 0 Å². The Morgan fingerprint density at radius 2 is 0.872 bits per heavy atom. The van der Waals surface area contributed by atoms with Gasteiger partial charge in [-0.2, -0.15) is 0 Å². The number of fused-ring (bicyclic) bond motifs is 5. The van der Waals surface area contributed by atoms with E-state index in [4.69, 9.17) is 0 Å². The fraction of sp³-hybridized carbons (Fsp3) is 0.0667.